The van der Waals surface area contributed by atoms with E-state index in [0.29, 0.717) is 18.5 Å². The molecule has 1 aromatic heterocycles. The van der Waals surface area contributed by atoms with Crippen LogP contribution in [0.5, 0.6) is 0 Å². The van der Waals surface area contributed by atoms with Crippen LogP contribution in [0.25, 0.3) is 0 Å². The first-order valence-corrected chi connectivity index (χ1v) is 5.36. The van der Waals surface area contributed by atoms with E-state index in [9.17, 15) is 9.59 Å². The van der Waals surface area contributed by atoms with Gasteiger partial charge in [-0.05, 0) is 18.6 Å². The number of aromatic nitrogens is 1. The molecule has 0 saturated carbocycles. The summed E-state index contributed by atoms with van der Waals surface area (Å²) in [5.41, 5.74) is 10.8. The summed E-state index contributed by atoms with van der Waals surface area (Å²) in [5.74, 6) is -0.527. The monoisotopic (exact) mass is 256 g/mol. The van der Waals surface area contributed by atoms with Gasteiger partial charge in [-0.1, -0.05) is 11.6 Å². The Labute approximate surface area is 103 Å². The van der Waals surface area contributed by atoms with E-state index in [0.717, 1.165) is 0 Å². The number of hydrogen-bond acceptors (Lipinski definition) is 4. The number of nitrogen functional groups attached to an aromatic ring is 1. The van der Waals surface area contributed by atoms with Gasteiger partial charge >= 0.3 is 0 Å². The van der Waals surface area contributed by atoms with E-state index < -0.39 is 5.91 Å². The Morgan fingerprint density at radius 2 is 2.12 bits per heavy atom. The van der Waals surface area contributed by atoms with Crippen molar-refractivity contribution in [1.29, 1.82) is 0 Å². The van der Waals surface area contributed by atoms with E-state index in [1.165, 1.54) is 12.1 Å². The molecule has 17 heavy (non-hydrogen) atoms. The van der Waals surface area contributed by atoms with Crippen molar-refractivity contribution in [2.45, 2.75) is 12.8 Å². The number of nitrogens with zero attached hydrogens (tertiary/aromatic N) is 1. The van der Waals surface area contributed by atoms with Gasteiger partial charge in [0.15, 0.2) is 0 Å². The molecule has 2 amide bonds. The highest BCUT2D eigenvalue weighted by molar-refractivity contribution is 6.29. The maximum Gasteiger partial charge on any atom is 0.251 e. The summed E-state index contributed by atoms with van der Waals surface area (Å²) in [5, 5.41) is 2.78. The Hall–Kier alpha value is -1.82. The predicted octanol–water partition coefficient (Wildman–Crippen LogP) is 0.312. The third-order valence-corrected chi connectivity index (χ3v) is 2.16. The van der Waals surface area contributed by atoms with Crippen LogP contribution in [0.1, 0.15) is 23.2 Å². The molecule has 0 aliphatic rings. The van der Waals surface area contributed by atoms with Crippen LogP contribution >= 0.6 is 11.6 Å². The molecule has 0 radical (unpaired) electrons. The number of nitrogens with one attached hydrogen (secondary N) is 1. The van der Waals surface area contributed by atoms with E-state index in [1.807, 2.05) is 0 Å². The van der Waals surface area contributed by atoms with Gasteiger partial charge in [-0.25, -0.2) is 4.98 Å². The molecule has 7 heteroatoms. The Bertz CT molecular complexity index is 416. The fraction of sp³-hybridized carbons (Fsp3) is 0.300. The lowest BCUT2D eigenvalue weighted by Gasteiger charge is -2.05. The lowest BCUT2D eigenvalue weighted by molar-refractivity contribution is -0.118. The van der Waals surface area contributed by atoms with Gasteiger partial charge in [0.25, 0.3) is 5.91 Å². The molecule has 1 rings (SSSR count). The molecule has 0 aliphatic carbocycles. The van der Waals surface area contributed by atoms with Gasteiger partial charge in [0.05, 0.1) is 0 Å². The van der Waals surface area contributed by atoms with Crippen LogP contribution in [0.2, 0.25) is 5.15 Å². The average Bonchev–Trinajstić information content (AvgIpc) is 2.22. The van der Waals surface area contributed by atoms with Crippen molar-refractivity contribution in [3.05, 3.63) is 22.8 Å². The summed E-state index contributed by atoms with van der Waals surface area (Å²) < 4.78 is 0. The summed E-state index contributed by atoms with van der Waals surface area (Å²) in [4.78, 5) is 25.8. The standard InChI is InChI=1S/C10H13ClN4O2/c11-7-4-6(5-8(12)15-7)10(17)14-3-1-2-9(13)16/h4-5H,1-3H2,(H2,12,15)(H2,13,16)(H,14,17). The van der Waals surface area contributed by atoms with Crippen molar-refractivity contribution in [1.82, 2.24) is 10.3 Å². The van der Waals surface area contributed by atoms with Crippen LogP contribution in [0.4, 0.5) is 5.82 Å². The predicted molar refractivity (Wildman–Crippen MR) is 64.4 cm³/mol. The SMILES string of the molecule is NC(=O)CCCNC(=O)c1cc(N)nc(Cl)c1. The van der Waals surface area contributed by atoms with E-state index >= 15 is 0 Å². The van der Waals surface area contributed by atoms with Crippen LogP contribution in [-0.4, -0.2) is 23.3 Å². The minimum atomic E-state index is -0.393. The zero-order chi connectivity index (χ0) is 12.8. The van der Waals surface area contributed by atoms with Gasteiger partial charge in [-0.3, -0.25) is 9.59 Å². The summed E-state index contributed by atoms with van der Waals surface area (Å²) in [6.45, 7) is 0.363. The number of pyridine rings is 1. The van der Waals surface area contributed by atoms with Crippen molar-refractivity contribution < 1.29 is 9.59 Å². The topological polar surface area (TPSA) is 111 Å². The lowest BCUT2D eigenvalue weighted by Crippen LogP contribution is -2.25. The summed E-state index contributed by atoms with van der Waals surface area (Å²) >= 11 is 5.66. The molecule has 0 fully saturated rings. The van der Waals surface area contributed by atoms with Gasteiger partial charge in [-0.15, -0.1) is 0 Å². The quantitative estimate of drug-likeness (QED) is 0.520. The minimum absolute atomic E-state index is 0.160. The van der Waals surface area contributed by atoms with Crippen LogP contribution in [0.3, 0.4) is 0 Å². The highest BCUT2D eigenvalue weighted by Gasteiger charge is 2.07. The van der Waals surface area contributed by atoms with Crippen molar-refractivity contribution in [3.63, 3.8) is 0 Å². The molecule has 0 aliphatic heterocycles. The second kappa shape index (κ2) is 6.05. The Balaban J connectivity index is 2.49. The largest absolute Gasteiger partial charge is 0.384 e. The number of carbonyl (C=O) groups is 2. The Morgan fingerprint density at radius 1 is 1.41 bits per heavy atom. The highest BCUT2D eigenvalue weighted by atomic mass is 35.5. The first-order valence-electron chi connectivity index (χ1n) is 4.98. The van der Waals surface area contributed by atoms with Crippen molar-refractivity contribution in [2.24, 2.45) is 5.73 Å². The molecular formula is C10H13ClN4O2. The number of amides is 2. The Kier molecular flexibility index (Phi) is 4.71. The van der Waals surface area contributed by atoms with Gasteiger partial charge < -0.3 is 16.8 Å². The first kappa shape index (κ1) is 13.2. The lowest BCUT2D eigenvalue weighted by atomic mass is 10.2. The van der Waals surface area contributed by atoms with E-state index in [2.05, 4.69) is 10.3 Å². The van der Waals surface area contributed by atoms with E-state index in [4.69, 9.17) is 23.1 Å². The third kappa shape index (κ3) is 4.69. The van der Waals surface area contributed by atoms with Crippen molar-refractivity contribution in [2.75, 3.05) is 12.3 Å². The van der Waals surface area contributed by atoms with Crippen LogP contribution in [0.15, 0.2) is 12.1 Å². The molecule has 0 bridgehead atoms. The number of anilines is 1. The number of hydrogen-bond donors (Lipinski definition) is 3. The smallest absolute Gasteiger partial charge is 0.251 e. The maximum atomic E-state index is 11.6. The number of halogens is 1. The fourth-order valence-corrected chi connectivity index (χ4v) is 1.43. The summed E-state index contributed by atoms with van der Waals surface area (Å²) in [6.07, 6.45) is 0.731. The molecule has 5 N–H and O–H groups in total. The number of primary amides is 1. The van der Waals surface area contributed by atoms with Crippen molar-refractivity contribution in [3.8, 4) is 0 Å². The number of nitrogens with two attached hydrogens (primary N) is 2. The number of rotatable bonds is 5. The molecule has 92 valence electrons. The molecule has 6 nitrogen and oxygen atoms in total. The second-order valence-corrected chi connectivity index (χ2v) is 3.82. The second-order valence-electron chi connectivity index (χ2n) is 3.43. The summed E-state index contributed by atoms with van der Waals surface area (Å²) in [7, 11) is 0. The third-order valence-electron chi connectivity index (χ3n) is 1.96. The normalized spacial score (nSPS) is 9.94. The minimum Gasteiger partial charge on any atom is -0.384 e. The van der Waals surface area contributed by atoms with Gasteiger partial charge in [0.2, 0.25) is 5.91 Å². The molecule has 0 aromatic carbocycles. The highest BCUT2D eigenvalue weighted by Crippen LogP contribution is 2.11. The molecule has 1 heterocycles. The zero-order valence-corrected chi connectivity index (χ0v) is 9.83. The van der Waals surface area contributed by atoms with Gasteiger partial charge in [0, 0.05) is 18.5 Å². The first-order chi connectivity index (χ1) is 7.99. The van der Waals surface area contributed by atoms with Crippen LogP contribution in [0, 0.1) is 0 Å². The fourth-order valence-electron chi connectivity index (χ4n) is 1.21. The zero-order valence-electron chi connectivity index (χ0n) is 9.07. The molecule has 0 saturated heterocycles. The van der Waals surface area contributed by atoms with Crippen LogP contribution < -0.4 is 16.8 Å². The van der Waals surface area contributed by atoms with E-state index in [1.54, 1.807) is 0 Å². The van der Waals surface area contributed by atoms with Gasteiger partial charge in [0.1, 0.15) is 11.0 Å². The molecule has 0 atom stereocenters. The van der Waals surface area contributed by atoms with Crippen molar-refractivity contribution >= 4 is 29.2 Å². The van der Waals surface area contributed by atoms with E-state index in [-0.39, 0.29) is 23.3 Å². The maximum absolute atomic E-state index is 11.6. The Morgan fingerprint density at radius 3 is 2.71 bits per heavy atom. The molecule has 0 spiro atoms. The number of carbonyl (C=O) groups excluding carboxylic acids is 2. The average molecular weight is 257 g/mol. The van der Waals surface area contributed by atoms with Gasteiger partial charge in [-0.2, -0.15) is 0 Å². The van der Waals surface area contributed by atoms with Crippen LogP contribution in [-0.2, 0) is 4.79 Å². The summed E-state index contributed by atoms with van der Waals surface area (Å²) in [6, 6.07) is 2.84. The molecular weight excluding hydrogens is 244 g/mol. The molecule has 1 aromatic rings. The molecule has 0 unspecified atom stereocenters.